The Morgan fingerprint density at radius 3 is 3.00 bits per heavy atom. The Hall–Kier alpha value is -1.82. The number of aromatic hydroxyl groups is 1. The van der Waals surface area contributed by atoms with Crippen LogP contribution in [0.25, 0.3) is 0 Å². The lowest BCUT2D eigenvalue weighted by atomic mass is 10.1. The van der Waals surface area contributed by atoms with Gasteiger partial charge in [-0.15, -0.1) is 0 Å². The molecular weight excluding hydrogens is 188 g/mol. The summed E-state index contributed by atoms with van der Waals surface area (Å²) in [5.74, 6) is 0.0171. The quantitative estimate of drug-likeness (QED) is 0.508. The lowest BCUT2D eigenvalue weighted by Gasteiger charge is -2.01. The molecule has 0 bridgehead atoms. The maximum Gasteiger partial charge on any atom is 0.311 e. The highest BCUT2D eigenvalue weighted by molar-refractivity contribution is 5.56. The molecule has 74 valence electrons. The summed E-state index contributed by atoms with van der Waals surface area (Å²) < 4.78 is 5.12. The fourth-order valence-corrected chi connectivity index (χ4v) is 1.40. The minimum absolute atomic E-state index is 0.288. The van der Waals surface area contributed by atoms with Gasteiger partial charge in [-0.05, 0) is 0 Å². The van der Waals surface area contributed by atoms with E-state index < -0.39 is 10.7 Å². The van der Waals surface area contributed by atoms with E-state index in [4.69, 9.17) is 10.5 Å². The molecule has 0 aliphatic carbocycles. The standard InChI is InChI=1S/C8H8N2O4/c9-5-3-14-8-2-7(11)6(10(12)13)1-4(5)8/h1-2,5,11H,3,9H2/t5-/m0/s1. The maximum atomic E-state index is 10.5. The van der Waals surface area contributed by atoms with E-state index in [1.54, 1.807) is 0 Å². The number of nitro benzene ring substituents is 1. The van der Waals surface area contributed by atoms with Crippen LogP contribution in [0, 0.1) is 10.1 Å². The largest absolute Gasteiger partial charge is 0.502 e. The van der Waals surface area contributed by atoms with Crippen LogP contribution >= 0.6 is 0 Å². The van der Waals surface area contributed by atoms with Gasteiger partial charge in [0.25, 0.3) is 0 Å². The molecule has 0 saturated heterocycles. The molecule has 6 nitrogen and oxygen atoms in total. The Bertz CT molecular complexity index is 405. The Labute approximate surface area is 79.1 Å². The molecule has 1 aromatic carbocycles. The first kappa shape index (κ1) is 8.76. The van der Waals surface area contributed by atoms with Gasteiger partial charge >= 0.3 is 5.69 Å². The van der Waals surface area contributed by atoms with Gasteiger partial charge in [-0.3, -0.25) is 10.1 Å². The summed E-state index contributed by atoms with van der Waals surface area (Å²) >= 11 is 0. The molecule has 1 heterocycles. The van der Waals surface area contributed by atoms with Crippen LogP contribution in [0.1, 0.15) is 11.6 Å². The smallest absolute Gasteiger partial charge is 0.311 e. The highest BCUT2D eigenvalue weighted by Gasteiger charge is 2.26. The topological polar surface area (TPSA) is 98.6 Å². The molecule has 6 heteroatoms. The fourth-order valence-electron chi connectivity index (χ4n) is 1.40. The van der Waals surface area contributed by atoms with Crippen molar-refractivity contribution in [3.8, 4) is 11.5 Å². The van der Waals surface area contributed by atoms with Crippen LogP contribution in [0.5, 0.6) is 11.5 Å². The molecule has 0 unspecified atom stereocenters. The van der Waals surface area contributed by atoms with Crippen LogP contribution in [0.2, 0.25) is 0 Å². The van der Waals surface area contributed by atoms with E-state index in [0.717, 1.165) is 0 Å². The number of hydrogen-bond acceptors (Lipinski definition) is 5. The predicted octanol–water partition coefficient (Wildman–Crippen LogP) is 0.693. The van der Waals surface area contributed by atoms with Gasteiger partial charge in [0.1, 0.15) is 12.4 Å². The van der Waals surface area contributed by atoms with E-state index in [2.05, 4.69) is 0 Å². The fraction of sp³-hybridized carbons (Fsp3) is 0.250. The number of phenols is 1. The molecule has 0 radical (unpaired) electrons. The maximum absolute atomic E-state index is 10.5. The molecule has 1 aliphatic heterocycles. The van der Waals surface area contributed by atoms with E-state index in [1.807, 2.05) is 0 Å². The number of nitrogens with two attached hydrogens (primary N) is 1. The SMILES string of the molecule is N[C@H]1COc2cc(O)c([N+](=O)[O-])cc21. The average Bonchev–Trinajstić information content (AvgIpc) is 2.46. The van der Waals surface area contributed by atoms with E-state index in [-0.39, 0.29) is 18.3 Å². The van der Waals surface area contributed by atoms with E-state index in [0.29, 0.717) is 11.3 Å². The van der Waals surface area contributed by atoms with Crippen LogP contribution in [0.3, 0.4) is 0 Å². The van der Waals surface area contributed by atoms with Crippen LogP contribution in [0.4, 0.5) is 5.69 Å². The molecule has 1 atom stereocenters. The van der Waals surface area contributed by atoms with Crippen molar-refractivity contribution in [2.75, 3.05) is 6.61 Å². The number of fused-ring (bicyclic) bond motifs is 1. The predicted molar refractivity (Wildman–Crippen MR) is 47.2 cm³/mol. The van der Waals surface area contributed by atoms with Gasteiger partial charge in [-0.2, -0.15) is 0 Å². The summed E-state index contributed by atoms with van der Waals surface area (Å²) in [6, 6.07) is 2.12. The third kappa shape index (κ3) is 1.16. The van der Waals surface area contributed by atoms with Crippen molar-refractivity contribution in [1.82, 2.24) is 0 Å². The third-order valence-corrected chi connectivity index (χ3v) is 2.12. The highest BCUT2D eigenvalue weighted by Crippen LogP contribution is 2.39. The van der Waals surface area contributed by atoms with E-state index in [1.165, 1.54) is 12.1 Å². The molecule has 0 saturated carbocycles. The number of hydrogen-bond donors (Lipinski definition) is 2. The molecule has 0 spiro atoms. The second-order valence-corrected chi connectivity index (χ2v) is 3.05. The van der Waals surface area contributed by atoms with Crippen LogP contribution in [-0.2, 0) is 0 Å². The first-order chi connectivity index (χ1) is 6.59. The van der Waals surface area contributed by atoms with Crippen molar-refractivity contribution in [1.29, 1.82) is 0 Å². The first-order valence-corrected chi connectivity index (χ1v) is 3.99. The highest BCUT2D eigenvalue weighted by atomic mass is 16.6. The summed E-state index contributed by atoms with van der Waals surface area (Å²) in [6.07, 6.45) is 0. The van der Waals surface area contributed by atoms with Crippen molar-refractivity contribution >= 4 is 5.69 Å². The minimum Gasteiger partial charge on any atom is -0.502 e. The molecule has 1 aromatic rings. The minimum atomic E-state index is -0.652. The second-order valence-electron chi connectivity index (χ2n) is 3.05. The van der Waals surface area contributed by atoms with Gasteiger partial charge in [-0.25, -0.2) is 0 Å². The van der Waals surface area contributed by atoms with Gasteiger partial charge in [0, 0.05) is 17.7 Å². The number of nitro groups is 1. The van der Waals surface area contributed by atoms with Crippen LogP contribution in [0.15, 0.2) is 12.1 Å². The van der Waals surface area contributed by atoms with Gasteiger partial charge in [-0.1, -0.05) is 0 Å². The molecular formula is C8H8N2O4. The number of phenolic OH excluding ortho intramolecular Hbond substituents is 1. The molecule has 14 heavy (non-hydrogen) atoms. The summed E-state index contributed by atoms with van der Waals surface area (Å²) in [5.41, 5.74) is 5.86. The van der Waals surface area contributed by atoms with Crippen molar-refractivity contribution in [2.45, 2.75) is 6.04 Å². The van der Waals surface area contributed by atoms with Crippen molar-refractivity contribution in [2.24, 2.45) is 5.73 Å². The summed E-state index contributed by atoms with van der Waals surface area (Å²) in [4.78, 5) is 9.84. The Morgan fingerprint density at radius 1 is 1.64 bits per heavy atom. The van der Waals surface area contributed by atoms with Gasteiger partial charge in [0.15, 0.2) is 5.75 Å². The summed E-state index contributed by atoms with van der Waals surface area (Å²) in [7, 11) is 0. The molecule has 1 aliphatic rings. The van der Waals surface area contributed by atoms with E-state index in [9.17, 15) is 15.2 Å². The Morgan fingerprint density at radius 2 is 2.36 bits per heavy atom. The zero-order valence-corrected chi connectivity index (χ0v) is 7.14. The molecule has 0 fully saturated rings. The zero-order valence-electron chi connectivity index (χ0n) is 7.14. The second kappa shape index (κ2) is 2.85. The summed E-state index contributed by atoms with van der Waals surface area (Å²) in [5, 5.41) is 19.8. The van der Waals surface area contributed by atoms with Crippen LogP contribution < -0.4 is 10.5 Å². The van der Waals surface area contributed by atoms with Crippen LogP contribution in [-0.4, -0.2) is 16.6 Å². The average molecular weight is 196 g/mol. The van der Waals surface area contributed by atoms with Crippen molar-refractivity contribution in [3.63, 3.8) is 0 Å². The van der Waals surface area contributed by atoms with Crippen molar-refractivity contribution < 1.29 is 14.8 Å². The number of benzene rings is 1. The molecule has 2 rings (SSSR count). The monoisotopic (exact) mass is 196 g/mol. The molecule has 3 N–H and O–H groups in total. The number of ether oxygens (including phenoxy) is 1. The molecule has 0 amide bonds. The number of nitrogens with zero attached hydrogens (tertiary/aromatic N) is 1. The summed E-state index contributed by atoms with van der Waals surface area (Å²) in [6.45, 7) is 0.288. The molecule has 0 aromatic heterocycles. The third-order valence-electron chi connectivity index (χ3n) is 2.12. The van der Waals surface area contributed by atoms with Gasteiger partial charge < -0.3 is 15.6 Å². The lowest BCUT2D eigenvalue weighted by molar-refractivity contribution is -0.385. The van der Waals surface area contributed by atoms with E-state index >= 15 is 0 Å². The Kier molecular flexibility index (Phi) is 1.78. The Balaban J connectivity index is 2.57. The van der Waals surface area contributed by atoms with Crippen molar-refractivity contribution in [3.05, 3.63) is 27.8 Å². The normalized spacial score (nSPS) is 18.8. The lowest BCUT2D eigenvalue weighted by Crippen LogP contribution is -2.10. The zero-order chi connectivity index (χ0) is 10.3. The number of rotatable bonds is 1. The first-order valence-electron chi connectivity index (χ1n) is 3.99. The van der Waals surface area contributed by atoms with Gasteiger partial charge in [0.05, 0.1) is 11.0 Å². The van der Waals surface area contributed by atoms with Gasteiger partial charge in [0.2, 0.25) is 0 Å².